The number of nitrogens with two attached hydrogens (primary N) is 2. The molecule has 4 saturated carbocycles. The summed E-state index contributed by atoms with van der Waals surface area (Å²) in [6, 6.07) is -11.5. The molecule has 0 aromatic heterocycles. The minimum Gasteiger partial charge on any atom is -0.368 e. The third-order valence-electron chi connectivity index (χ3n) is 16.3. The smallest absolute Gasteiger partial charge is 0.244 e. The van der Waals surface area contributed by atoms with E-state index in [1.165, 1.54) is 0 Å². The average molecular weight is 1250 g/mol. The van der Waals surface area contributed by atoms with Crippen molar-refractivity contribution in [2.24, 2.45) is 35.1 Å². The molecule has 0 spiro atoms. The van der Waals surface area contributed by atoms with Crippen molar-refractivity contribution in [3.63, 3.8) is 0 Å². The van der Waals surface area contributed by atoms with E-state index >= 15 is 0 Å². The Morgan fingerprint density at radius 1 is 0.284 bits per heavy atom. The number of hydrogen-bond acceptors (Lipinski definition) is 17. The van der Waals surface area contributed by atoms with Crippen LogP contribution in [-0.2, 0) is 47.9 Å². The van der Waals surface area contributed by atoms with Gasteiger partial charge in [-0.1, -0.05) is 128 Å². The van der Waals surface area contributed by atoms with Crippen LogP contribution < -0.4 is 59.3 Å². The highest BCUT2D eigenvalue weighted by molar-refractivity contribution is 7.81. The molecule has 0 unspecified atom stereocenters. The maximum Gasteiger partial charge on any atom is 0.244 e. The summed E-state index contributed by atoms with van der Waals surface area (Å²) >= 11 is 25.9. The van der Waals surface area contributed by atoms with Crippen molar-refractivity contribution in [2.45, 2.75) is 215 Å². The van der Waals surface area contributed by atoms with E-state index < -0.39 is 119 Å². The van der Waals surface area contributed by atoms with Crippen LogP contribution in [0.25, 0.3) is 0 Å². The highest BCUT2D eigenvalue weighted by Gasteiger charge is 2.37. The Balaban J connectivity index is 1.40. The molecular weight excluding hydrogens is 1160 g/mol. The molecule has 27 heteroatoms. The molecule has 4 rings (SSSR count). The summed E-state index contributed by atoms with van der Waals surface area (Å²) < 4.78 is 0. The topological polar surface area (TPSA) is 331 Å². The van der Waals surface area contributed by atoms with E-state index in [1.54, 1.807) is 0 Å². The molecule has 4 fully saturated rings. The number of carbonyl (C=O) groups is 10. The zero-order valence-corrected chi connectivity index (χ0v) is 52.1. The zero-order valence-electron chi connectivity index (χ0n) is 46.7. The third-order valence-corrected chi connectivity index (χ3v) is 18.5. The van der Waals surface area contributed by atoms with Gasteiger partial charge in [0.1, 0.15) is 54.4 Å². The van der Waals surface area contributed by atoms with E-state index in [0.29, 0.717) is 18.8 Å². The molecule has 0 aromatic carbocycles. The van der Waals surface area contributed by atoms with Gasteiger partial charge in [0.2, 0.25) is 59.1 Å². The van der Waals surface area contributed by atoms with Crippen LogP contribution in [0.5, 0.6) is 0 Å². The maximum atomic E-state index is 14.2. The fourth-order valence-electron chi connectivity index (χ4n) is 11.5. The summed E-state index contributed by atoms with van der Waals surface area (Å²) in [7, 11) is 0. The molecule has 10 amide bonds. The van der Waals surface area contributed by atoms with Crippen molar-refractivity contribution >= 4 is 135 Å². The van der Waals surface area contributed by atoms with E-state index in [0.717, 1.165) is 128 Å². The largest absolute Gasteiger partial charge is 0.368 e. The standard InChI is InChI=1S/C54H93N11O10S6/c55-35(21-31-13-5-1-6-14-31)46(67)60-39(25-76)52(73)64-41(27-78)50(71)58-37(23-33-17-9-3-10-18-33)48(69)62-44(30-81)54(75)65-42(28-79)51(72)59-38(24-34-19-11-4-12-20-34)47(68)61-43(29-80)53(74)63-40(26-77)49(70)57-36(45(56)66)22-32-15-7-2-8-16-32/h31-44,76-81H,1-30,55H2,(H2,56,66)(H,57,70)(H,58,71)(H,59,72)(H,60,67)(H,61,68)(H,62,69)(H,63,74)(H,64,73)(H,65,75)/t35-,36-,37-,38-,39-,40-,41-,42-,43-,44-/m0/s1. The second kappa shape index (κ2) is 37.9. The maximum absolute atomic E-state index is 14.2. The summed E-state index contributed by atoms with van der Waals surface area (Å²) in [5.74, 6) is -7.32. The van der Waals surface area contributed by atoms with Crippen LogP contribution in [0.15, 0.2) is 0 Å². The van der Waals surface area contributed by atoms with Gasteiger partial charge in [-0.3, -0.25) is 47.9 Å². The first kappa shape index (κ1) is 70.2. The molecule has 81 heavy (non-hydrogen) atoms. The lowest BCUT2D eigenvalue weighted by molar-refractivity contribution is -0.135. The first-order valence-corrected chi connectivity index (χ1v) is 33.1. The van der Waals surface area contributed by atoms with Gasteiger partial charge in [-0.15, -0.1) is 0 Å². The van der Waals surface area contributed by atoms with Gasteiger partial charge >= 0.3 is 0 Å². The molecule has 10 atom stereocenters. The number of carbonyl (C=O) groups excluding carboxylic acids is 10. The molecule has 0 aromatic rings. The van der Waals surface area contributed by atoms with Gasteiger partial charge in [0.15, 0.2) is 0 Å². The predicted molar refractivity (Wildman–Crippen MR) is 332 cm³/mol. The normalized spacial score (nSPS) is 20.4. The number of amides is 10. The molecule has 21 nitrogen and oxygen atoms in total. The molecule has 4 aliphatic rings. The average Bonchev–Trinajstić information content (AvgIpc) is 3.47. The lowest BCUT2D eigenvalue weighted by Crippen LogP contribution is -2.61. The Kier molecular flexibility index (Phi) is 32.9. The Morgan fingerprint density at radius 3 is 0.704 bits per heavy atom. The van der Waals surface area contributed by atoms with Crippen LogP contribution in [0, 0.1) is 23.7 Å². The minimum absolute atomic E-state index is 0.0499. The van der Waals surface area contributed by atoms with Gasteiger partial charge in [-0.2, -0.15) is 75.8 Å². The molecule has 0 saturated heterocycles. The third kappa shape index (κ3) is 24.3. The van der Waals surface area contributed by atoms with Crippen molar-refractivity contribution in [3.05, 3.63) is 0 Å². The SMILES string of the molecule is NC(=O)[C@H](CC1CCCCC1)NC(=O)[C@H](CS)NC(=O)[C@H](CS)NC(=O)[C@H](CC1CCCCC1)NC(=O)[C@H](CS)NC(=O)[C@H](CS)NC(=O)[C@H](CC1CCCCC1)NC(=O)[C@H](CS)NC(=O)[C@H](CS)NC(=O)[C@@H](N)CC1CCCCC1. The fourth-order valence-corrected chi connectivity index (χ4v) is 13.0. The van der Waals surface area contributed by atoms with Gasteiger partial charge in [0, 0.05) is 34.5 Å². The predicted octanol–water partition coefficient (Wildman–Crippen LogP) is 1.62. The molecule has 0 heterocycles. The number of hydrogen-bond donors (Lipinski definition) is 17. The molecule has 13 N–H and O–H groups in total. The van der Waals surface area contributed by atoms with Crippen LogP contribution in [0.3, 0.4) is 0 Å². The molecule has 0 radical (unpaired) electrons. The summed E-state index contributed by atoms with van der Waals surface area (Å²) in [5, 5.41) is 24.1. The van der Waals surface area contributed by atoms with Crippen molar-refractivity contribution in [2.75, 3.05) is 34.5 Å². The van der Waals surface area contributed by atoms with E-state index in [2.05, 4.69) is 124 Å². The van der Waals surface area contributed by atoms with Crippen LogP contribution >= 0.6 is 75.8 Å². The number of primary amides is 1. The summed E-state index contributed by atoms with van der Waals surface area (Å²) in [4.78, 5) is 136. The lowest BCUT2D eigenvalue weighted by Gasteiger charge is -2.30. The molecular formula is C54H93N11O10S6. The quantitative estimate of drug-likeness (QED) is 0.0419. The van der Waals surface area contributed by atoms with Gasteiger partial charge in [0.05, 0.1) is 6.04 Å². The van der Waals surface area contributed by atoms with Crippen molar-refractivity contribution < 1.29 is 47.9 Å². The van der Waals surface area contributed by atoms with Crippen molar-refractivity contribution in [1.82, 2.24) is 47.9 Å². The highest BCUT2D eigenvalue weighted by Crippen LogP contribution is 2.30. The number of thiol groups is 6. The Labute approximate surface area is 511 Å². The summed E-state index contributed by atoms with van der Waals surface area (Å²) in [6.45, 7) is 0. The van der Waals surface area contributed by atoms with Gasteiger partial charge in [-0.25, -0.2) is 0 Å². The first-order valence-electron chi connectivity index (χ1n) is 29.3. The minimum atomic E-state index is -1.32. The summed E-state index contributed by atoms with van der Waals surface area (Å²) in [5.41, 5.74) is 11.9. The Bertz CT molecular complexity index is 2070. The van der Waals surface area contributed by atoms with Gasteiger partial charge in [-0.05, 0) is 49.4 Å². The second-order valence-electron chi connectivity index (χ2n) is 22.6. The van der Waals surface area contributed by atoms with Crippen LogP contribution in [-0.4, -0.2) is 154 Å². The van der Waals surface area contributed by atoms with E-state index in [9.17, 15) is 47.9 Å². The van der Waals surface area contributed by atoms with E-state index in [1.807, 2.05) is 0 Å². The Morgan fingerprint density at radius 2 is 0.469 bits per heavy atom. The first-order chi connectivity index (χ1) is 38.8. The Hall–Kier alpha value is -3.24. The molecule has 0 aliphatic heterocycles. The van der Waals surface area contributed by atoms with Crippen LogP contribution in [0.4, 0.5) is 0 Å². The van der Waals surface area contributed by atoms with Gasteiger partial charge in [0.25, 0.3) is 0 Å². The van der Waals surface area contributed by atoms with Crippen LogP contribution in [0.2, 0.25) is 0 Å². The summed E-state index contributed by atoms with van der Waals surface area (Å²) in [6.07, 6.45) is 20.7. The van der Waals surface area contributed by atoms with Crippen LogP contribution in [0.1, 0.15) is 154 Å². The van der Waals surface area contributed by atoms with Crippen molar-refractivity contribution in [3.8, 4) is 0 Å². The molecule has 4 aliphatic carbocycles. The zero-order chi connectivity index (χ0) is 59.4. The highest BCUT2D eigenvalue weighted by atomic mass is 32.1. The molecule has 0 bridgehead atoms. The van der Waals surface area contributed by atoms with Gasteiger partial charge < -0.3 is 59.3 Å². The lowest BCUT2D eigenvalue weighted by atomic mass is 9.84. The van der Waals surface area contributed by atoms with E-state index in [4.69, 9.17) is 11.5 Å². The second-order valence-corrected chi connectivity index (χ2v) is 24.8. The fraction of sp³-hybridized carbons (Fsp3) is 0.815. The van der Waals surface area contributed by atoms with Crippen molar-refractivity contribution in [1.29, 1.82) is 0 Å². The molecule has 460 valence electrons. The van der Waals surface area contributed by atoms with E-state index in [-0.39, 0.29) is 65.1 Å². The monoisotopic (exact) mass is 1250 g/mol. The number of rotatable bonds is 33. The number of nitrogens with one attached hydrogen (secondary N) is 9.